The van der Waals surface area contributed by atoms with E-state index in [9.17, 15) is 0 Å². The van der Waals surface area contributed by atoms with Crippen molar-refractivity contribution >= 4 is 15.9 Å². The van der Waals surface area contributed by atoms with Crippen molar-refractivity contribution in [2.75, 3.05) is 0 Å². The van der Waals surface area contributed by atoms with Crippen LogP contribution in [0.1, 0.15) is 78.1 Å². The van der Waals surface area contributed by atoms with Crippen LogP contribution in [0.2, 0.25) is 0 Å². The maximum Gasteiger partial charge on any atom is 0.0687 e. The SMILES string of the molecule is CC(C)C(Br)CCCC1CCC2(CCCCC2)O1. The summed E-state index contributed by atoms with van der Waals surface area (Å²) in [6, 6.07) is 0. The maximum atomic E-state index is 6.42. The molecule has 1 heterocycles. The van der Waals surface area contributed by atoms with Gasteiger partial charge in [0.15, 0.2) is 0 Å². The van der Waals surface area contributed by atoms with Crippen molar-refractivity contribution in [3.05, 3.63) is 0 Å². The van der Waals surface area contributed by atoms with Crippen LogP contribution in [0.25, 0.3) is 0 Å². The van der Waals surface area contributed by atoms with Crippen molar-refractivity contribution in [2.45, 2.75) is 94.6 Å². The lowest BCUT2D eigenvalue weighted by atomic mass is 9.83. The van der Waals surface area contributed by atoms with Crippen LogP contribution in [0.3, 0.4) is 0 Å². The van der Waals surface area contributed by atoms with E-state index >= 15 is 0 Å². The van der Waals surface area contributed by atoms with Crippen molar-refractivity contribution in [3.63, 3.8) is 0 Å². The van der Waals surface area contributed by atoms with E-state index in [-0.39, 0.29) is 0 Å². The summed E-state index contributed by atoms with van der Waals surface area (Å²) in [6.07, 6.45) is 14.0. The molecule has 18 heavy (non-hydrogen) atoms. The monoisotopic (exact) mass is 316 g/mol. The molecule has 0 aromatic heterocycles. The Morgan fingerprint density at radius 1 is 1.17 bits per heavy atom. The highest BCUT2D eigenvalue weighted by Crippen LogP contribution is 2.43. The first-order chi connectivity index (χ1) is 8.61. The molecule has 2 rings (SSSR count). The number of rotatable bonds is 5. The van der Waals surface area contributed by atoms with Crippen molar-refractivity contribution < 1.29 is 4.74 Å². The van der Waals surface area contributed by atoms with E-state index in [4.69, 9.17) is 4.74 Å². The summed E-state index contributed by atoms with van der Waals surface area (Å²) in [4.78, 5) is 0.683. The minimum Gasteiger partial charge on any atom is -0.372 e. The van der Waals surface area contributed by atoms with Crippen molar-refractivity contribution in [1.29, 1.82) is 0 Å². The molecule has 0 N–H and O–H groups in total. The quantitative estimate of drug-likeness (QED) is 0.612. The summed E-state index contributed by atoms with van der Waals surface area (Å²) in [5, 5.41) is 0. The minimum absolute atomic E-state index is 0.314. The molecule has 1 saturated carbocycles. The molecule has 0 aromatic rings. The Labute approximate surface area is 121 Å². The van der Waals surface area contributed by atoms with Gasteiger partial charge in [0.1, 0.15) is 0 Å². The van der Waals surface area contributed by atoms with Crippen LogP contribution < -0.4 is 0 Å². The molecule has 1 saturated heterocycles. The summed E-state index contributed by atoms with van der Waals surface area (Å²) in [7, 11) is 0. The van der Waals surface area contributed by atoms with E-state index in [1.54, 1.807) is 0 Å². The largest absolute Gasteiger partial charge is 0.372 e. The number of hydrogen-bond acceptors (Lipinski definition) is 1. The van der Waals surface area contributed by atoms with Gasteiger partial charge in [0.25, 0.3) is 0 Å². The molecule has 2 heteroatoms. The first kappa shape index (κ1) is 14.8. The standard InChI is InChI=1S/C16H29BrO/c1-13(2)15(17)8-6-7-14-9-12-16(18-14)10-4-3-5-11-16/h13-15H,3-12H2,1-2H3. The van der Waals surface area contributed by atoms with E-state index in [1.165, 1.54) is 64.2 Å². The average Bonchev–Trinajstić information content (AvgIpc) is 2.73. The van der Waals surface area contributed by atoms with Gasteiger partial charge in [0.05, 0.1) is 11.7 Å². The molecule has 106 valence electrons. The van der Waals surface area contributed by atoms with E-state index in [1.807, 2.05) is 0 Å². The van der Waals surface area contributed by atoms with Crippen LogP contribution in [-0.2, 0) is 4.74 Å². The Bertz CT molecular complexity index is 245. The molecular formula is C16H29BrO. The van der Waals surface area contributed by atoms with Crippen molar-refractivity contribution in [1.82, 2.24) is 0 Å². The molecule has 0 bridgehead atoms. The highest BCUT2D eigenvalue weighted by atomic mass is 79.9. The first-order valence-electron chi connectivity index (χ1n) is 7.93. The molecule has 1 spiro atoms. The fourth-order valence-electron chi connectivity index (χ4n) is 3.54. The van der Waals surface area contributed by atoms with E-state index in [0.29, 0.717) is 16.5 Å². The third-order valence-electron chi connectivity index (χ3n) is 4.83. The second-order valence-corrected chi connectivity index (χ2v) is 7.89. The second-order valence-electron chi connectivity index (χ2n) is 6.71. The van der Waals surface area contributed by atoms with Gasteiger partial charge in [-0.15, -0.1) is 0 Å². The summed E-state index contributed by atoms with van der Waals surface area (Å²) < 4.78 is 6.42. The molecule has 0 radical (unpaired) electrons. The zero-order valence-electron chi connectivity index (χ0n) is 12.1. The van der Waals surface area contributed by atoms with Gasteiger partial charge >= 0.3 is 0 Å². The molecule has 2 aliphatic rings. The summed E-state index contributed by atoms with van der Waals surface area (Å²) >= 11 is 3.78. The molecule has 2 atom stereocenters. The normalized spacial score (nSPS) is 29.0. The highest BCUT2D eigenvalue weighted by Gasteiger charge is 2.40. The molecule has 1 nitrogen and oxygen atoms in total. The number of ether oxygens (including phenoxy) is 1. The number of halogens is 1. The van der Waals surface area contributed by atoms with Crippen molar-refractivity contribution in [2.24, 2.45) is 5.92 Å². The smallest absolute Gasteiger partial charge is 0.0687 e. The van der Waals surface area contributed by atoms with Gasteiger partial charge in [0.2, 0.25) is 0 Å². The third kappa shape index (κ3) is 3.96. The van der Waals surface area contributed by atoms with E-state index < -0.39 is 0 Å². The third-order valence-corrected chi connectivity index (χ3v) is 6.35. The fraction of sp³-hybridized carbons (Fsp3) is 1.00. The maximum absolute atomic E-state index is 6.42. The van der Waals surface area contributed by atoms with Crippen LogP contribution >= 0.6 is 15.9 Å². The van der Waals surface area contributed by atoms with Crippen LogP contribution in [-0.4, -0.2) is 16.5 Å². The van der Waals surface area contributed by atoms with Crippen LogP contribution in [0.4, 0.5) is 0 Å². The summed E-state index contributed by atoms with van der Waals surface area (Å²) in [6.45, 7) is 4.59. The molecule has 0 aromatic carbocycles. The molecular weight excluding hydrogens is 288 g/mol. The predicted molar refractivity (Wildman–Crippen MR) is 81.3 cm³/mol. The Hall–Kier alpha value is 0.440. The molecule has 2 fully saturated rings. The summed E-state index contributed by atoms with van der Waals surface area (Å²) in [5.41, 5.74) is 0.314. The van der Waals surface area contributed by atoms with Gasteiger partial charge in [-0.1, -0.05) is 49.0 Å². The van der Waals surface area contributed by atoms with Gasteiger partial charge in [0, 0.05) is 4.83 Å². The number of hydrogen-bond donors (Lipinski definition) is 0. The molecule has 2 unspecified atom stereocenters. The van der Waals surface area contributed by atoms with Gasteiger partial charge < -0.3 is 4.74 Å². The average molecular weight is 317 g/mol. The molecule has 1 aliphatic heterocycles. The van der Waals surface area contributed by atoms with Gasteiger partial charge in [-0.3, -0.25) is 0 Å². The highest BCUT2D eigenvalue weighted by molar-refractivity contribution is 9.09. The summed E-state index contributed by atoms with van der Waals surface area (Å²) in [5.74, 6) is 0.749. The zero-order chi connectivity index (χ0) is 13.0. The van der Waals surface area contributed by atoms with E-state index in [0.717, 1.165) is 5.92 Å². The second kappa shape index (κ2) is 6.74. The van der Waals surface area contributed by atoms with Gasteiger partial charge in [-0.05, 0) is 50.9 Å². The first-order valence-corrected chi connectivity index (χ1v) is 8.85. The Morgan fingerprint density at radius 2 is 1.89 bits per heavy atom. The van der Waals surface area contributed by atoms with Crippen molar-refractivity contribution in [3.8, 4) is 0 Å². The lowest BCUT2D eigenvalue weighted by Gasteiger charge is -2.33. The van der Waals surface area contributed by atoms with Gasteiger partial charge in [-0.2, -0.15) is 0 Å². The Kier molecular flexibility index (Phi) is 5.56. The van der Waals surface area contributed by atoms with Gasteiger partial charge in [-0.25, -0.2) is 0 Å². The lowest BCUT2D eigenvalue weighted by molar-refractivity contribution is -0.0661. The van der Waals surface area contributed by atoms with E-state index in [2.05, 4.69) is 29.8 Å². The fourth-order valence-corrected chi connectivity index (χ4v) is 3.86. The minimum atomic E-state index is 0.314. The topological polar surface area (TPSA) is 9.23 Å². The van der Waals surface area contributed by atoms with Crippen LogP contribution in [0.15, 0.2) is 0 Å². The predicted octanol–water partition coefficient (Wildman–Crippen LogP) is 5.46. The molecule has 0 amide bonds. The lowest BCUT2D eigenvalue weighted by Crippen LogP contribution is -2.31. The van der Waals surface area contributed by atoms with Crippen LogP contribution in [0.5, 0.6) is 0 Å². The number of alkyl halides is 1. The molecule has 1 aliphatic carbocycles. The zero-order valence-corrected chi connectivity index (χ0v) is 13.7. The Morgan fingerprint density at radius 3 is 2.56 bits per heavy atom. The van der Waals surface area contributed by atoms with Crippen LogP contribution in [0, 0.1) is 5.92 Å². The Balaban J connectivity index is 1.66.